The number of carbonyl (C=O) groups excluding carboxylic acids is 7. The van der Waals surface area contributed by atoms with E-state index < -0.39 is 35.6 Å². The number of aromatic nitrogens is 1. The normalized spacial score (nSPS) is 17.0. The maximum Gasteiger partial charge on any atom is 0.317 e. The highest BCUT2D eigenvalue weighted by Gasteiger charge is 2.46. The fourth-order valence-corrected chi connectivity index (χ4v) is 7.63. The predicted molar refractivity (Wildman–Crippen MR) is 209 cm³/mol. The second-order valence-electron chi connectivity index (χ2n) is 14.4. The number of nitrogens with zero attached hydrogens (tertiary/aromatic N) is 3. The van der Waals surface area contributed by atoms with Gasteiger partial charge in [-0.1, -0.05) is 36.8 Å². The van der Waals surface area contributed by atoms with Crippen molar-refractivity contribution >= 4 is 63.6 Å². The van der Waals surface area contributed by atoms with E-state index in [2.05, 4.69) is 33.1 Å². The van der Waals surface area contributed by atoms with Gasteiger partial charge in [-0.15, -0.1) is 0 Å². The smallest absolute Gasteiger partial charge is 0.317 e. The monoisotopic (exact) mass is 773 g/mol. The molecule has 0 bridgehead atoms. The van der Waals surface area contributed by atoms with E-state index in [-0.39, 0.29) is 60.5 Å². The SMILES string of the molecule is NC(=O)c1cnc2ccc(C3CCN(C(=O)NCCCCCC(=O)COc4cccc5c4C(=O)N(C4CCC(=O)NC4=O)C5=O)CC3)cc2c1Nc1ccccc1. The van der Waals surface area contributed by atoms with Crippen LogP contribution in [0.5, 0.6) is 5.75 Å². The average molecular weight is 774 g/mol. The third-order valence-corrected chi connectivity index (χ3v) is 10.7. The lowest BCUT2D eigenvalue weighted by molar-refractivity contribution is -0.136. The number of rotatable bonds is 14. The summed E-state index contributed by atoms with van der Waals surface area (Å²) in [5.74, 6) is -2.95. The molecule has 0 radical (unpaired) electrons. The second-order valence-corrected chi connectivity index (χ2v) is 14.4. The number of amides is 7. The van der Waals surface area contributed by atoms with Crippen LogP contribution in [0.2, 0.25) is 0 Å². The molecular formula is C42H43N7O8. The number of urea groups is 1. The van der Waals surface area contributed by atoms with Gasteiger partial charge >= 0.3 is 6.03 Å². The van der Waals surface area contributed by atoms with Gasteiger partial charge in [0.25, 0.3) is 17.7 Å². The molecule has 0 aliphatic carbocycles. The zero-order chi connectivity index (χ0) is 40.1. The van der Waals surface area contributed by atoms with Gasteiger partial charge in [0, 0.05) is 49.7 Å². The Bertz CT molecular complexity index is 2250. The van der Waals surface area contributed by atoms with Crippen LogP contribution in [0.25, 0.3) is 10.9 Å². The Morgan fingerprint density at radius 2 is 1.68 bits per heavy atom. The Hall–Kier alpha value is -6.64. The van der Waals surface area contributed by atoms with Gasteiger partial charge in [-0.05, 0) is 80.0 Å². The van der Waals surface area contributed by atoms with Crippen molar-refractivity contribution in [1.29, 1.82) is 0 Å². The van der Waals surface area contributed by atoms with Crippen LogP contribution in [0, 0.1) is 0 Å². The van der Waals surface area contributed by atoms with Crippen LogP contribution < -0.4 is 26.4 Å². The maximum atomic E-state index is 13.2. The van der Waals surface area contributed by atoms with Crippen LogP contribution in [0.4, 0.5) is 16.2 Å². The van der Waals surface area contributed by atoms with Crippen LogP contribution >= 0.6 is 0 Å². The van der Waals surface area contributed by atoms with Gasteiger partial charge in [0.15, 0.2) is 5.78 Å². The van der Waals surface area contributed by atoms with Gasteiger partial charge in [0.05, 0.1) is 27.9 Å². The topological polar surface area (TPSA) is 210 Å². The zero-order valence-electron chi connectivity index (χ0n) is 31.3. The number of primary amides is 1. The van der Waals surface area contributed by atoms with E-state index in [1.54, 1.807) is 6.07 Å². The summed E-state index contributed by atoms with van der Waals surface area (Å²) in [6.07, 6.45) is 5.33. The van der Waals surface area contributed by atoms with Crippen molar-refractivity contribution in [2.75, 3.05) is 31.6 Å². The van der Waals surface area contributed by atoms with Crippen molar-refractivity contribution in [3.8, 4) is 5.75 Å². The van der Waals surface area contributed by atoms with E-state index in [0.29, 0.717) is 50.1 Å². The number of fused-ring (bicyclic) bond motifs is 2. The first-order valence-electron chi connectivity index (χ1n) is 19.2. The highest BCUT2D eigenvalue weighted by Crippen LogP contribution is 2.36. The Kier molecular flexibility index (Phi) is 11.5. The number of piperidine rings is 2. The van der Waals surface area contributed by atoms with E-state index >= 15 is 0 Å². The fraction of sp³-hybridized carbons (Fsp3) is 0.333. The molecule has 57 heavy (non-hydrogen) atoms. The number of Topliss-reactive ketones (excluding diaryl/α,β-unsaturated/α-hetero) is 1. The number of benzene rings is 3. The number of imide groups is 2. The molecule has 15 heteroatoms. The van der Waals surface area contributed by atoms with Crippen molar-refractivity contribution < 1.29 is 38.3 Å². The number of ether oxygens (including phenoxy) is 1. The lowest BCUT2D eigenvalue weighted by Gasteiger charge is -2.32. The lowest BCUT2D eigenvalue weighted by Crippen LogP contribution is -2.54. The minimum Gasteiger partial charge on any atom is -0.485 e. The highest BCUT2D eigenvalue weighted by molar-refractivity contribution is 6.24. The summed E-state index contributed by atoms with van der Waals surface area (Å²) >= 11 is 0. The number of anilines is 2. The standard InChI is InChI=1S/C42H43N7O8/c43-38(52)31-23-45-32-14-13-26(22-30(32)37(31)46-27-8-3-1-4-9-27)25-17-20-48(21-18-25)42(56)44-19-6-2-5-10-28(50)24-57-34-12-7-11-29-36(34)41(55)49(40(29)54)33-15-16-35(51)47-39(33)53/h1,3-4,7-9,11-14,22-23,25,33H,2,5-6,10,15-21,24H2,(H2,43,52)(H,44,56)(H,45,46)(H,47,51,53). The first-order chi connectivity index (χ1) is 27.6. The molecule has 7 amide bonds. The summed E-state index contributed by atoms with van der Waals surface area (Å²) in [6, 6.07) is 18.9. The number of hydrogen-bond acceptors (Lipinski definition) is 10. The number of para-hydroxylation sites is 1. The number of nitrogens with one attached hydrogen (secondary N) is 3. The van der Waals surface area contributed by atoms with E-state index in [0.717, 1.165) is 39.9 Å². The largest absolute Gasteiger partial charge is 0.485 e. The summed E-state index contributed by atoms with van der Waals surface area (Å²) in [7, 11) is 0. The van der Waals surface area contributed by atoms with Crippen LogP contribution in [-0.4, -0.2) is 88.4 Å². The van der Waals surface area contributed by atoms with Gasteiger partial charge in [-0.25, -0.2) is 4.79 Å². The molecule has 1 aromatic heterocycles. The molecule has 5 N–H and O–H groups in total. The van der Waals surface area contributed by atoms with Gasteiger partial charge < -0.3 is 26.0 Å². The Balaban J connectivity index is 0.832. The minimum absolute atomic E-state index is 0.00274. The third kappa shape index (κ3) is 8.47. The molecule has 294 valence electrons. The summed E-state index contributed by atoms with van der Waals surface area (Å²) in [5.41, 5.74) is 9.39. The van der Waals surface area contributed by atoms with Gasteiger partial charge in [-0.2, -0.15) is 0 Å². The fourth-order valence-electron chi connectivity index (χ4n) is 7.63. The molecule has 3 aromatic carbocycles. The number of likely N-dealkylation sites (tertiary alicyclic amines) is 1. The first kappa shape index (κ1) is 38.6. The Labute approximate surface area is 328 Å². The Morgan fingerprint density at radius 1 is 0.895 bits per heavy atom. The molecule has 2 fully saturated rings. The number of carbonyl (C=O) groups is 7. The number of nitrogens with two attached hydrogens (primary N) is 1. The lowest BCUT2D eigenvalue weighted by atomic mass is 9.88. The molecule has 1 unspecified atom stereocenters. The van der Waals surface area contributed by atoms with Crippen LogP contribution in [0.3, 0.4) is 0 Å². The molecule has 15 nitrogen and oxygen atoms in total. The predicted octanol–water partition coefficient (Wildman–Crippen LogP) is 4.58. The number of ketones is 1. The highest BCUT2D eigenvalue weighted by atomic mass is 16.5. The molecule has 4 aromatic rings. The molecule has 0 spiro atoms. The van der Waals surface area contributed by atoms with Gasteiger partial charge in [0.1, 0.15) is 18.4 Å². The molecule has 3 aliphatic heterocycles. The summed E-state index contributed by atoms with van der Waals surface area (Å²) in [5, 5.41) is 9.32. The van der Waals surface area contributed by atoms with E-state index in [1.165, 1.54) is 18.3 Å². The van der Waals surface area contributed by atoms with Crippen molar-refractivity contribution in [3.05, 3.63) is 95.2 Å². The van der Waals surface area contributed by atoms with Crippen molar-refractivity contribution in [2.24, 2.45) is 5.73 Å². The minimum atomic E-state index is -1.10. The van der Waals surface area contributed by atoms with Crippen molar-refractivity contribution in [2.45, 2.75) is 63.3 Å². The molecular weight excluding hydrogens is 731 g/mol. The van der Waals surface area contributed by atoms with Gasteiger partial charge in [-0.3, -0.25) is 44.0 Å². The quantitative estimate of drug-likeness (QED) is 0.104. The molecule has 1 atom stereocenters. The molecule has 2 saturated heterocycles. The van der Waals surface area contributed by atoms with Crippen LogP contribution in [0.15, 0.2) is 72.9 Å². The number of hydrogen-bond donors (Lipinski definition) is 4. The van der Waals surface area contributed by atoms with E-state index in [1.807, 2.05) is 41.3 Å². The van der Waals surface area contributed by atoms with Crippen LogP contribution in [-0.2, 0) is 14.4 Å². The van der Waals surface area contributed by atoms with E-state index in [9.17, 15) is 33.6 Å². The summed E-state index contributed by atoms with van der Waals surface area (Å²) in [6.45, 7) is 1.36. The average Bonchev–Trinajstić information content (AvgIpc) is 3.47. The Morgan fingerprint density at radius 3 is 2.44 bits per heavy atom. The zero-order valence-corrected chi connectivity index (χ0v) is 31.3. The molecule has 4 heterocycles. The molecule has 0 saturated carbocycles. The van der Waals surface area contributed by atoms with Crippen molar-refractivity contribution in [1.82, 2.24) is 25.4 Å². The summed E-state index contributed by atoms with van der Waals surface area (Å²) in [4.78, 5) is 95.3. The third-order valence-electron chi connectivity index (χ3n) is 10.7. The maximum absolute atomic E-state index is 13.2. The number of pyridine rings is 1. The first-order valence-corrected chi connectivity index (χ1v) is 19.2. The summed E-state index contributed by atoms with van der Waals surface area (Å²) < 4.78 is 5.69. The molecule has 7 rings (SSSR count). The van der Waals surface area contributed by atoms with Crippen molar-refractivity contribution in [3.63, 3.8) is 0 Å². The second kappa shape index (κ2) is 17.0. The molecule has 3 aliphatic rings. The van der Waals surface area contributed by atoms with E-state index in [4.69, 9.17) is 10.5 Å². The number of unbranched alkanes of at least 4 members (excludes halogenated alkanes) is 2. The van der Waals surface area contributed by atoms with Crippen LogP contribution in [0.1, 0.15) is 93.9 Å². The van der Waals surface area contributed by atoms with Gasteiger partial charge in [0.2, 0.25) is 11.8 Å².